The van der Waals surface area contributed by atoms with Gasteiger partial charge in [0.2, 0.25) is 6.41 Å². The zero-order valence-electron chi connectivity index (χ0n) is 6.04. The second-order valence-corrected chi connectivity index (χ2v) is 2.46. The van der Waals surface area contributed by atoms with E-state index in [0.29, 0.717) is 6.04 Å². The van der Waals surface area contributed by atoms with E-state index in [2.05, 4.69) is 12.2 Å². The molecule has 0 spiro atoms. The predicted octanol–water partition coefficient (Wildman–Crippen LogP) is -0.142. The fraction of sp³-hybridized carbons (Fsp3) is 0.833. The third kappa shape index (κ3) is 2.54. The van der Waals surface area contributed by atoms with Crippen LogP contribution in [0.25, 0.3) is 0 Å². The largest absolute Gasteiger partial charge is 0.342 e. The van der Waals surface area contributed by atoms with Gasteiger partial charge in [-0.3, -0.25) is 4.79 Å². The zero-order valence-corrected chi connectivity index (χ0v) is 6.86. The van der Waals surface area contributed by atoms with E-state index in [1.165, 1.54) is 0 Å². The third-order valence-electron chi connectivity index (χ3n) is 1.55. The molecular weight excluding hydrogens is 152 g/mol. The van der Waals surface area contributed by atoms with Gasteiger partial charge in [-0.05, 0) is 6.92 Å². The summed E-state index contributed by atoms with van der Waals surface area (Å²) in [5, 5.41) is 3.25. The van der Waals surface area contributed by atoms with Crippen molar-refractivity contribution in [3.05, 3.63) is 0 Å². The minimum Gasteiger partial charge on any atom is -0.342 e. The number of hydrogen-bond acceptors (Lipinski definition) is 2. The minimum atomic E-state index is 0. The Morgan fingerprint density at radius 3 is 2.80 bits per heavy atom. The molecule has 0 bridgehead atoms. The first kappa shape index (κ1) is 9.72. The summed E-state index contributed by atoms with van der Waals surface area (Å²) in [5.74, 6) is 0. The van der Waals surface area contributed by atoms with Gasteiger partial charge in [-0.25, -0.2) is 0 Å². The summed E-state index contributed by atoms with van der Waals surface area (Å²) in [6, 6.07) is 0.462. The van der Waals surface area contributed by atoms with Crippen LogP contribution in [-0.4, -0.2) is 37.0 Å². The number of halogens is 1. The molecule has 1 N–H and O–H groups in total. The van der Waals surface area contributed by atoms with Crippen LogP contribution < -0.4 is 5.32 Å². The Morgan fingerprint density at radius 2 is 2.40 bits per heavy atom. The number of nitrogens with one attached hydrogen (secondary N) is 1. The maximum absolute atomic E-state index is 10.2. The maximum Gasteiger partial charge on any atom is 0.209 e. The van der Waals surface area contributed by atoms with Crippen molar-refractivity contribution in [1.29, 1.82) is 0 Å². The molecule has 0 aromatic rings. The number of rotatable bonds is 1. The molecule has 1 atom stereocenters. The molecule has 0 aliphatic carbocycles. The molecule has 0 aromatic heterocycles. The van der Waals surface area contributed by atoms with Crippen molar-refractivity contribution >= 4 is 18.8 Å². The van der Waals surface area contributed by atoms with Crippen LogP contribution in [0.4, 0.5) is 0 Å². The summed E-state index contributed by atoms with van der Waals surface area (Å²) in [5.41, 5.74) is 0. The standard InChI is InChI=1S/C6H12N2O.ClH/c1-6-4-8(5-9)3-2-7-6;/h5-7H,2-4H2,1H3;1H/t6-;/m1./s1. The number of hydrogen-bond donors (Lipinski definition) is 1. The summed E-state index contributed by atoms with van der Waals surface area (Å²) >= 11 is 0. The summed E-state index contributed by atoms with van der Waals surface area (Å²) in [4.78, 5) is 12.0. The van der Waals surface area contributed by atoms with E-state index in [1.807, 2.05) is 0 Å². The predicted molar refractivity (Wildman–Crippen MR) is 42.3 cm³/mol. The highest BCUT2D eigenvalue weighted by Crippen LogP contribution is 1.93. The molecule has 1 heterocycles. The highest BCUT2D eigenvalue weighted by atomic mass is 35.5. The van der Waals surface area contributed by atoms with E-state index < -0.39 is 0 Å². The molecule has 10 heavy (non-hydrogen) atoms. The van der Waals surface area contributed by atoms with Gasteiger partial charge in [0, 0.05) is 25.7 Å². The average molecular weight is 165 g/mol. The lowest BCUT2D eigenvalue weighted by molar-refractivity contribution is -0.119. The fourth-order valence-electron chi connectivity index (χ4n) is 1.06. The van der Waals surface area contributed by atoms with Crippen LogP contribution in [0.3, 0.4) is 0 Å². The second-order valence-electron chi connectivity index (χ2n) is 2.46. The second kappa shape index (κ2) is 4.52. The highest BCUT2D eigenvalue weighted by molar-refractivity contribution is 5.85. The average Bonchev–Trinajstić information content (AvgIpc) is 1.88. The van der Waals surface area contributed by atoms with Gasteiger partial charge in [-0.15, -0.1) is 12.4 Å². The Labute approximate surface area is 67.2 Å². The molecule has 0 saturated carbocycles. The van der Waals surface area contributed by atoms with Crippen molar-refractivity contribution in [1.82, 2.24) is 10.2 Å². The number of nitrogens with zero attached hydrogens (tertiary/aromatic N) is 1. The fourth-order valence-corrected chi connectivity index (χ4v) is 1.06. The van der Waals surface area contributed by atoms with E-state index in [0.717, 1.165) is 26.0 Å². The van der Waals surface area contributed by atoms with Crippen molar-refractivity contribution in [2.24, 2.45) is 0 Å². The molecule has 0 unspecified atom stereocenters. The van der Waals surface area contributed by atoms with E-state index in [4.69, 9.17) is 0 Å². The lowest BCUT2D eigenvalue weighted by Crippen LogP contribution is -2.48. The first-order valence-corrected chi connectivity index (χ1v) is 3.25. The molecule has 1 fully saturated rings. The Kier molecular flexibility index (Phi) is 4.40. The van der Waals surface area contributed by atoms with Crippen LogP contribution in [0.1, 0.15) is 6.92 Å². The molecular formula is C6H13ClN2O. The number of amides is 1. The smallest absolute Gasteiger partial charge is 0.209 e. The number of carbonyl (C=O) groups excluding carboxylic acids is 1. The summed E-state index contributed by atoms with van der Waals surface area (Å²) in [6.45, 7) is 4.72. The van der Waals surface area contributed by atoms with E-state index in [9.17, 15) is 4.79 Å². The van der Waals surface area contributed by atoms with E-state index in [-0.39, 0.29) is 12.4 Å². The lowest BCUT2D eigenvalue weighted by Gasteiger charge is -2.28. The van der Waals surface area contributed by atoms with Crippen molar-refractivity contribution in [2.45, 2.75) is 13.0 Å². The van der Waals surface area contributed by atoms with E-state index in [1.54, 1.807) is 4.90 Å². The van der Waals surface area contributed by atoms with Crippen molar-refractivity contribution in [3.63, 3.8) is 0 Å². The zero-order chi connectivity index (χ0) is 6.69. The topological polar surface area (TPSA) is 32.3 Å². The maximum atomic E-state index is 10.2. The third-order valence-corrected chi connectivity index (χ3v) is 1.55. The van der Waals surface area contributed by atoms with Crippen molar-refractivity contribution in [2.75, 3.05) is 19.6 Å². The molecule has 1 saturated heterocycles. The van der Waals surface area contributed by atoms with Gasteiger partial charge >= 0.3 is 0 Å². The van der Waals surface area contributed by atoms with Crippen LogP contribution in [0.2, 0.25) is 0 Å². The summed E-state index contributed by atoms with van der Waals surface area (Å²) in [6.07, 6.45) is 0.914. The van der Waals surface area contributed by atoms with Crippen LogP contribution in [0.5, 0.6) is 0 Å². The normalized spacial score (nSPS) is 25.3. The molecule has 60 valence electrons. The quantitative estimate of drug-likeness (QED) is 0.548. The molecule has 1 rings (SSSR count). The summed E-state index contributed by atoms with van der Waals surface area (Å²) < 4.78 is 0. The highest BCUT2D eigenvalue weighted by Gasteiger charge is 2.12. The molecule has 0 radical (unpaired) electrons. The minimum absolute atomic E-state index is 0. The molecule has 1 aliphatic heterocycles. The first-order valence-electron chi connectivity index (χ1n) is 3.25. The molecule has 1 amide bonds. The van der Waals surface area contributed by atoms with Crippen molar-refractivity contribution < 1.29 is 4.79 Å². The van der Waals surface area contributed by atoms with E-state index >= 15 is 0 Å². The van der Waals surface area contributed by atoms with Crippen LogP contribution in [-0.2, 0) is 4.79 Å². The first-order chi connectivity index (χ1) is 4.33. The molecule has 3 nitrogen and oxygen atoms in total. The number of carbonyl (C=O) groups is 1. The molecule has 0 aromatic carbocycles. The SMILES string of the molecule is C[C@@H]1CN(C=O)CCN1.Cl. The molecule has 1 aliphatic rings. The van der Waals surface area contributed by atoms with Crippen LogP contribution in [0.15, 0.2) is 0 Å². The van der Waals surface area contributed by atoms with Gasteiger partial charge in [0.05, 0.1) is 0 Å². The van der Waals surface area contributed by atoms with Crippen LogP contribution >= 0.6 is 12.4 Å². The Balaban J connectivity index is 0.000000810. The van der Waals surface area contributed by atoms with Crippen molar-refractivity contribution in [3.8, 4) is 0 Å². The Morgan fingerprint density at radius 1 is 1.70 bits per heavy atom. The van der Waals surface area contributed by atoms with Gasteiger partial charge < -0.3 is 10.2 Å². The van der Waals surface area contributed by atoms with Gasteiger partial charge in [-0.2, -0.15) is 0 Å². The summed E-state index contributed by atoms with van der Waals surface area (Å²) in [7, 11) is 0. The van der Waals surface area contributed by atoms with Gasteiger partial charge in [0.15, 0.2) is 0 Å². The lowest BCUT2D eigenvalue weighted by atomic mass is 10.2. The number of piperazine rings is 1. The monoisotopic (exact) mass is 164 g/mol. The van der Waals surface area contributed by atoms with Gasteiger partial charge in [0.25, 0.3) is 0 Å². The Hall–Kier alpha value is -0.280. The van der Waals surface area contributed by atoms with Gasteiger partial charge in [-0.1, -0.05) is 0 Å². The van der Waals surface area contributed by atoms with Gasteiger partial charge in [0.1, 0.15) is 0 Å². The Bertz CT molecular complexity index is 110. The molecule has 4 heteroatoms. The van der Waals surface area contributed by atoms with Crippen LogP contribution in [0, 0.1) is 0 Å².